The van der Waals surface area contributed by atoms with Gasteiger partial charge in [0.2, 0.25) is 0 Å². The van der Waals surface area contributed by atoms with Crippen molar-refractivity contribution >= 4 is 11.3 Å². The summed E-state index contributed by atoms with van der Waals surface area (Å²) >= 11 is 1.95. The van der Waals surface area contributed by atoms with Gasteiger partial charge in [0.25, 0.3) is 0 Å². The molecule has 2 rings (SSSR count). The first-order valence-electron chi connectivity index (χ1n) is 5.66. The van der Waals surface area contributed by atoms with Crippen LogP contribution in [0, 0.1) is 5.92 Å². The van der Waals surface area contributed by atoms with Gasteiger partial charge in [-0.05, 0) is 43.9 Å². The van der Waals surface area contributed by atoms with Crippen LogP contribution in [0.3, 0.4) is 0 Å². The summed E-state index contributed by atoms with van der Waals surface area (Å²) in [7, 11) is 0. The third-order valence-electron chi connectivity index (χ3n) is 3.02. The molecule has 0 amide bonds. The Morgan fingerprint density at radius 3 is 2.71 bits per heavy atom. The molecule has 0 aliphatic heterocycles. The van der Waals surface area contributed by atoms with Crippen molar-refractivity contribution in [1.82, 2.24) is 5.32 Å². The van der Waals surface area contributed by atoms with Crippen molar-refractivity contribution in [2.24, 2.45) is 5.92 Å². The molecule has 0 aromatic carbocycles. The third kappa shape index (κ3) is 2.58. The molecule has 0 spiro atoms. The van der Waals surface area contributed by atoms with Gasteiger partial charge < -0.3 is 5.32 Å². The summed E-state index contributed by atoms with van der Waals surface area (Å²) in [4.78, 5) is 2.99. The highest BCUT2D eigenvalue weighted by molar-refractivity contribution is 7.11. The Morgan fingerprint density at radius 2 is 2.14 bits per heavy atom. The second-order valence-electron chi connectivity index (χ2n) is 4.15. The number of thiophene rings is 1. The van der Waals surface area contributed by atoms with Crippen LogP contribution in [0.25, 0.3) is 0 Å². The van der Waals surface area contributed by atoms with Gasteiger partial charge in [-0.2, -0.15) is 0 Å². The molecule has 0 unspecified atom stereocenters. The Balaban J connectivity index is 1.68. The quantitative estimate of drug-likeness (QED) is 0.785. The van der Waals surface area contributed by atoms with Crippen LogP contribution in [0.5, 0.6) is 0 Å². The minimum atomic E-state index is 0.973. The lowest BCUT2D eigenvalue weighted by molar-refractivity contribution is 0.301. The topological polar surface area (TPSA) is 12.0 Å². The van der Waals surface area contributed by atoms with Crippen LogP contribution < -0.4 is 5.32 Å². The van der Waals surface area contributed by atoms with E-state index in [1.807, 2.05) is 11.3 Å². The Bertz CT molecular complexity index is 276. The minimum Gasteiger partial charge on any atom is -0.312 e. The number of aryl methyl sites for hydroxylation is 1. The summed E-state index contributed by atoms with van der Waals surface area (Å²) in [5, 5.41) is 3.55. The second-order valence-corrected chi connectivity index (χ2v) is 5.40. The van der Waals surface area contributed by atoms with E-state index in [0.29, 0.717) is 0 Å². The van der Waals surface area contributed by atoms with Gasteiger partial charge in [-0.1, -0.05) is 13.3 Å². The number of nitrogens with one attached hydrogen (secondary N) is 1. The first-order valence-corrected chi connectivity index (χ1v) is 6.48. The standard InChI is InChI=1S/C12H19NS/c1-2-11-6-7-12(14-11)9-13-8-10-4-3-5-10/h6-7,10,13H,2-5,8-9H2,1H3. The maximum Gasteiger partial charge on any atom is 0.0299 e. The summed E-state index contributed by atoms with van der Waals surface area (Å²) in [6, 6.07) is 4.52. The van der Waals surface area contributed by atoms with Crippen molar-refractivity contribution in [3.05, 3.63) is 21.9 Å². The highest BCUT2D eigenvalue weighted by Crippen LogP contribution is 2.25. The number of rotatable bonds is 5. The molecular weight excluding hydrogens is 190 g/mol. The average molecular weight is 209 g/mol. The molecule has 1 nitrogen and oxygen atoms in total. The second kappa shape index (κ2) is 4.94. The molecule has 1 saturated carbocycles. The molecule has 78 valence electrons. The predicted octanol–water partition coefficient (Wildman–Crippen LogP) is 3.20. The van der Waals surface area contributed by atoms with E-state index >= 15 is 0 Å². The third-order valence-corrected chi connectivity index (χ3v) is 4.25. The molecule has 1 N–H and O–H groups in total. The fourth-order valence-electron chi connectivity index (χ4n) is 1.80. The summed E-state index contributed by atoms with van der Waals surface area (Å²) in [5.41, 5.74) is 0. The van der Waals surface area contributed by atoms with E-state index in [1.165, 1.54) is 42.0 Å². The van der Waals surface area contributed by atoms with E-state index in [1.54, 1.807) is 0 Å². The van der Waals surface area contributed by atoms with Crippen molar-refractivity contribution in [2.75, 3.05) is 6.54 Å². The maximum absolute atomic E-state index is 3.55. The molecule has 1 aromatic heterocycles. The predicted molar refractivity (Wildman–Crippen MR) is 62.7 cm³/mol. The summed E-state index contributed by atoms with van der Waals surface area (Å²) in [6.07, 6.45) is 5.51. The highest BCUT2D eigenvalue weighted by atomic mass is 32.1. The first-order chi connectivity index (χ1) is 6.88. The Morgan fingerprint density at radius 1 is 1.36 bits per heavy atom. The smallest absolute Gasteiger partial charge is 0.0299 e. The van der Waals surface area contributed by atoms with E-state index in [2.05, 4.69) is 24.4 Å². The van der Waals surface area contributed by atoms with Crippen LogP contribution in [0.1, 0.15) is 35.9 Å². The van der Waals surface area contributed by atoms with Crippen LogP contribution in [0.4, 0.5) is 0 Å². The van der Waals surface area contributed by atoms with Crippen molar-refractivity contribution in [3.63, 3.8) is 0 Å². The number of hydrogen-bond donors (Lipinski definition) is 1. The van der Waals surface area contributed by atoms with E-state index in [0.717, 1.165) is 12.5 Å². The zero-order valence-electron chi connectivity index (χ0n) is 8.88. The van der Waals surface area contributed by atoms with Crippen LogP contribution in [-0.2, 0) is 13.0 Å². The molecule has 2 heteroatoms. The van der Waals surface area contributed by atoms with Crippen molar-refractivity contribution in [2.45, 2.75) is 39.2 Å². The number of hydrogen-bond acceptors (Lipinski definition) is 2. The average Bonchev–Trinajstić information content (AvgIpc) is 2.57. The molecule has 1 fully saturated rings. The molecule has 0 bridgehead atoms. The molecule has 1 aliphatic carbocycles. The van der Waals surface area contributed by atoms with Crippen LogP contribution in [-0.4, -0.2) is 6.54 Å². The molecule has 0 saturated heterocycles. The van der Waals surface area contributed by atoms with Gasteiger partial charge in [0.15, 0.2) is 0 Å². The van der Waals surface area contributed by atoms with Gasteiger partial charge >= 0.3 is 0 Å². The molecule has 0 radical (unpaired) electrons. The van der Waals surface area contributed by atoms with Crippen molar-refractivity contribution < 1.29 is 0 Å². The summed E-state index contributed by atoms with van der Waals surface area (Å²) in [6.45, 7) is 4.51. The van der Waals surface area contributed by atoms with Gasteiger partial charge in [-0.3, -0.25) is 0 Å². The Hall–Kier alpha value is -0.340. The molecule has 1 aliphatic rings. The van der Waals surface area contributed by atoms with Crippen LogP contribution >= 0.6 is 11.3 Å². The normalized spacial score (nSPS) is 16.9. The Kier molecular flexibility index (Phi) is 3.60. The lowest BCUT2D eigenvalue weighted by Gasteiger charge is -2.25. The fraction of sp³-hybridized carbons (Fsp3) is 0.667. The van der Waals surface area contributed by atoms with Gasteiger partial charge in [0, 0.05) is 16.3 Å². The molecule has 1 heterocycles. The van der Waals surface area contributed by atoms with Gasteiger partial charge in [-0.25, -0.2) is 0 Å². The van der Waals surface area contributed by atoms with Crippen LogP contribution in [0.2, 0.25) is 0 Å². The summed E-state index contributed by atoms with van der Waals surface area (Å²) < 4.78 is 0. The lowest BCUT2D eigenvalue weighted by Crippen LogP contribution is -2.26. The largest absolute Gasteiger partial charge is 0.312 e. The van der Waals surface area contributed by atoms with Crippen LogP contribution in [0.15, 0.2) is 12.1 Å². The summed E-state index contributed by atoms with van der Waals surface area (Å²) in [5.74, 6) is 0.973. The monoisotopic (exact) mass is 209 g/mol. The van der Waals surface area contributed by atoms with Gasteiger partial charge in [0.1, 0.15) is 0 Å². The van der Waals surface area contributed by atoms with Gasteiger partial charge in [0.05, 0.1) is 0 Å². The maximum atomic E-state index is 3.55. The molecule has 1 aromatic rings. The molecular formula is C12H19NS. The zero-order chi connectivity index (χ0) is 9.80. The lowest BCUT2D eigenvalue weighted by atomic mass is 9.85. The molecule has 14 heavy (non-hydrogen) atoms. The first kappa shape index (κ1) is 10.2. The van der Waals surface area contributed by atoms with E-state index < -0.39 is 0 Å². The van der Waals surface area contributed by atoms with Crippen molar-refractivity contribution in [3.8, 4) is 0 Å². The zero-order valence-corrected chi connectivity index (χ0v) is 9.70. The highest BCUT2D eigenvalue weighted by Gasteiger charge is 2.16. The van der Waals surface area contributed by atoms with Crippen molar-refractivity contribution in [1.29, 1.82) is 0 Å². The van der Waals surface area contributed by atoms with Gasteiger partial charge in [-0.15, -0.1) is 11.3 Å². The Labute approximate surface area is 90.5 Å². The fourth-order valence-corrected chi connectivity index (χ4v) is 2.73. The van der Waals surface area contributed by atoms with E-state index in [4.69, 9.17) is 0 Å². The minimum absolute atomic E-state index is 0.973. The van der Waals surface area contributed by atoms with E-state index in [9.17, 15) is 0 Å². The SMILES string of the molecule is CCc1ccc(CNCC2CCC2)s1. The van der Waals surface area contributed by atoms with E-state index in [-0.39, 0.29) is 0 Å². The molecule has 0 atom stereocenters.